The highest BCUT2D eigenvalue weighted by molar-refractivity contribution is 6.44. The number of carbonyl (C=O) groups excluding carboxylic acids is 1. The first-order valence-electron chi connectivity index (χ1n) is 9.40. The summed E-state index contributed by atoms with van der Waals surface area (Å²) in [4.78, 5) is 15.0. The summed E-state index contributed by atoms with van der Waals surface area (Å²) in [6, 6.07) is 12.9. The molecule has 1 amide bonds. The van der Waals surface area contributed by atoms with E-state index in [4.69, 9.17) is 39.9 Å². The minimum atomic E-state index is -0.142. The number of anilines is 1. The van der Waals surface area contributed by atoms with E-state index in [1.54, 1.807) is 6.07 Å². The number of nitrogens with zero attached hydrogens (tertiary/aromatic N) is 3. The highest BCUT2D eigenvalue weighted by Gasteiger charge is 2.35. The number of benzene rings is 2. The van der Waals surface area contributed by atoms with E-state index in [2.05, 4.69) is 0 Å². The van der Waals surface area contributed by atoms with Gasteiger partial charge in [0.05, 0.1) is 21.8 Å². The summed E-state index contributed by atoms with van der Waals surface area (Å²) in [6.07, 6.45) is 3.78. The smallest absolute Gasteiger partial charge is 0.270 e. The summed E-state index contributed by atoms with van der Waals surface area (Å²) in [5, 5.41) is 8.07. The number of halogens is 3. The van der Waals surface area contributed by atoms with Crippen molar-refractivity contribution in [2.75, 3.05) is 18.1 Å². The van der Waals surface area contributed by atoms with E-state index in [9.17, 15) is 4.79 Å². The Bertz CT molecular complexity index is 908. The van der Waals surface area contributed by atoms with Crippen molar-refractivity contribution < 1.29 is 4.79 Å². The van der Waals surface area contributed by atoms with Gasteiger partial charge in [0.25, 0.3) is 5.91 Å². The van der Waals surface area contributed by atoms with Crippen LogP contribution in [-0.2, 0) is 4.79 Å². The number of amides is 1. The van der Waals surface area contributed by atoms with Crippen LogP contribution in [0.15, 0.2) is 47.6 Å². The van der Waals surface area contributed by atoms with E-state index in [0.717, 1.165) is 31.5 Å². The fraction of sp³-hybridized carbons (Fsp3) is 0.333. The zero-order valence-electron chi connectivity index (χ0n) is 15.2. The summed E-state index contributed by atoms with van der Waals surface area (Å²) in [5.74, 6) is 0.0133. The number of rotatable bonds is 3. The van der Waals surface area contributed by atoms with Crippen LogP contribution in [0.3, 0.4) is 0 Å². The van der Waals surface area contributed by atoms with E-state index in [1.165, 1.54) is 6.42 Å². The van der Waals surface area contributed by atoms with Gasteiger partial charge in [0.2, 0.25) is 0 Å². The molecule has 146 valence electrons. The molecule has 0 aliphatic carbocycles. The van der Waals surface area contributed by atoms with Crippen molar-refractivity contribution in [1.82, 2.24) is 4.90 Å². The lowest BCUT2D eigenvalue weighted by molar-refractivity contribution is -0.125. The molecule has 2 aliphatic rings. The van der Waals surface area contributed by atoms with Crippen molar-refractivity contribution in [3.05, 3.63) is 63.1 Å². The number of likely N-dealkylation sites (tertiary alicyclic amines) is 1. The van der Waals surface area contributed by atoms with Gasteiger partial charge in [0.15, 0.2) is 0 Å². The summed E-state index contributed by atoms with van der Waals surface area (Å²) < 4.78 is 0. The third kappa shape index (κ3) is 3.86. The second-order valence-electron chi connectivity index (χ2n) is 7.09. The van der Waals surface area contributed by atoms with E-state index < -0.39 is 0 Å². The van der Waals surface area contributed by atoms with E-state index in [0.29, 0.717) is 32.9 Å². The lowest BCUT2D eigenvalue weighted by Crippen LogP contribution is -2.39. The van der Waals surface area contributed by atoms with Crippen LogP contribution in [0.2, 0.25) is 15.1 Å². The van der Waals surface area contributed by atoms with E-state index >= 15 is 0 Å². The highest BCUT2D eigenvalue weighted by Crippen LogP contribution is 2.41. The number of carbonyl (C=O) groups is 1. The second-order valence-corrected chi connectivity index (χ2v) is 8.31. The Labute approximate surface area is 179 Å². The van der Waals surface area contributed by atoms with Gasteiger partial charge in [0, 0.05) is 24.5 Å². The van der Waals surface area contributed by atoms with Gasteiger partial charge in [-0.05, 0) is 49.1 Å². The molecule has 0 N–H and O–H groups in total. The van der Waals surface area contributed by atoms with Gasteiger partial charge in [-0.3, -0.25) is 9.80 Å². The first-order chi connectivity index (χ1) is 13.5. The summed E-state index contributed by atoms with van der Waals surface area (Å²) in [5.41, 5.74) is 2.26. The molecule has 2 aromatic rings. The Hall–Kier alpha value is -1.75. The van der Waals surface area contributed by atoms with Crippen LogP contribution in [0.4, 0.5) is 5.69 Å². The number of hydrogen-bond donors (Lipinski definition) is 0. The lowest BCUT2D eigenvalue weighted by atomic mass is 10.0. The maximum atomic E-state index is 13.0. The molecule has 0 aromatic heterocycles. The monoisotopic (exact) mass is 435 g/mol. The predicted molar refractivity (Wildman–Crippen MR) is 116 cm³/mol. The molecule has 1 fully saturated rings. The van der Waals surface area contributed by atoms with Gasteiger partial charge in [-0.1, -0.05) is 53.0 Å². The summed E-state index contributed by atoms with van der Waals surface area (Å²) in [7, 11) is 0. The first-order valence-corrected chi connectivity index (χ1v) is 10.5. The molecule has 1 atom stereocenters. The molecule has 2 heterocycles. The number of hydrogen-bond acceptors (Lipinski definition) is 3. The Morgan fingerprint density at radius 1 is 0.964 bits per heavy atom. The molecule has 4 nitrogen and oxygen atoms in total. The number of hydrazone groups is 1. The van der Waals surface area contributed by atoms with Crippen LogP contribution < -0.4 is 5.01 Å². The summed E-state index contributed by atoms with van der Waals surface area (Å²) in [6.45, 7) is 1.59. The molecule has 0 radical (unpaired) electrons. The number of piperidine rings is 1. The van der Waals surface area contributed by atoms with E-state index in [1.807, 2.05) is 46.3 Å². The highest BCUT2D eigenvalue weighted by atomic mass is 35.5. The minimum absolute atomic E-state index is 0.0133. The quantitative estimate of drug-likeness (QED) is 0.594. The fourth-order valence-electron chi connectivity index (χ4n) is 3.75. The molecule has 0 bridgehead atoms. The molecular weight excluding hydrogens is 417 g/mol. The molecule has 1 unspecified atom stereocenters. The average molecular weight is 437 g/mol. The van der Waals surface area contributed by atoms with Crippen LogP contribution in [-0.4, -0.2) is 29.6 Å². The molecule has 2 aromatic carbocycles. The molecule has 28 heavy (non-hydrogen) atoms. The van der Waals surface area contributed by atoms with Crippen molar-refractivity contribution in [1.29, 1.82) is 0 Å². The maximum Gasteiger partial charge on any atom is 0.270 e. The SMILES string of the molecule is O=C(C1=NN(c2cccc(Cl)c2Cl)C(c2ccc(Cl)cc2)C1)N1CCCCC1. The molecule has 1 saturated heterocycles. The zero-order valence-corrected chi connectivity index (χ0v) is 17.5. The van der Waals surface area contributed by atoms with Crippen LogP contribution in [0.5, 0.6) is 0 Å². The molecular formula is C21H20Cl3N3O. The Morgan fingerprint density at radius 3 is 2.39 bits per heavy atom. The topological polar surface area (TPSA) is 35.9 Å². The van der Waals surface area contributed by atoms with Crippen molar-refractivity contribution in [2.24, 2.45) is 5.10 Å². The lowest BCUT2D eigenvalue weighted by Gasteiger charge is -2.26. The van der Waals surface area contributed by atoms with Gasteiger partial charge in [-0.15, -0.1) is 0 Å². The summed E-state index contributed by atoms with van der Waals surface area (Å²) >= 11 is 18.8. The standard InChI is InChI=1S/C21H20Cl3N3O/c22-15-9-7-14(8-10-15)19-13-17(21(28)26-11-2-1-3-12-26)25-27(19)18-6-4-5-16(23)20(18)24/h4-10,19H,1-3,11-13H2. The normalized spacial score (nSPS) is 19.7. The first kappa shape index (κ1) is 19.6. The van der Waals surface area contributed by atoms with Crippen molar-refractivity contribution in [3.8, 4) is 0 Å². The maximum absolute atomic E-state index is 13.0. The predicted octanol–water partition coefficient (Wildman–Crippen LogP) is 5.97. The van der Waals surface area contributed by atoms with Crippen LogP contribution in [0, 0.1) is 0 Å². The Kier molecular flexibility index (Phi) is 5.81. The second kappa shape index (κ2) is 8.32. The third-order valence-corrected chi connectivity index (χ3v) is 6.29. The van der Waals surface area contributed by atoms with Gasteiger partial charge >= 0.3 is 0 Å². The largest absolute Gasteiger partial charge is 0.338 e. The van der Waals surface area contributed by atoms with Crippen LogP contribution in [0.25, 0.3) is 0 Å². The molecule has 0 spiro atoms. The van der Waals surface area contributed by atoms with Gasteiger partial charge in [-0.25, -0.2) is 0 Å². The Balaban J connectivity index is 1.70. The minimum Gasteiger partial charge on any atom is -0.338 e. The van der Waals surface area contributed by atoms with Crippen molar-refractivity contribution in [3.63, 3.8) is 0 Å². The van der Waals surface area contributed by atoms with E-state index in [-0.39, 0.29) is 11.9 Å². The van der Waals surface area contributed by atoms with Crippen molar-refractivity contribution >= 4 is 52.1 Å². The molecule has 0 saturated carbocycles. The zero-order chi connectivity index (χ0) is 19.7. The molecule has 7 heteroatoms. The van der Waals surface area contributed by atoms with Crippen molar-refractivity contribution in [2.45, 2.75) is 31.7 Å². The van der Waals surface area contributed by atoms with Gasteiger partial charge < -0.3 is 4.90 Å². The fourth-order valence-corrected chi connectivity index (χ4v) is 4.26. The third-order valence-electron chi connectivity index (χ3n) is 5.23. The van der Waals surface area contributed by atoms with Gasteiger partial charge in [-0.2, -0.15) is 5.10 Å². The molecule has 2 aliphatic heterocycles. The van der Waals surface area contributed by atoms with Crippen LogP contribution >= 0.6 is 34.8 Å². The van der Waals surface area contributed by atoms with Crippen LogP contribution in [0.1, 0.15) is 37.3 Å². The Morgan fingerprint density at radius 2 is 1.68 bits per heavy atom. The molecule has 4 rings (SSSR count). The van der Waals surface area contributed by atoms with Gasteiger partial charge in [0.1, 0.15) is 5.71 Å². The average Bonchev–Trinajstić information content (AvgIpc) is 3.16.